The maximum absolute atomic E-state index is 13.3. The summed E-state index contributed by atoms with van der Waals surface area (Å²) in [6.45, 7) is 12.4. The molecule has 10 nitrogen and oxygen atoms in total. The highest BCUT2D eigenvalue weighted by atomic mass is 28.3. The first-order chi connectivity index (χ1) is 22.7. The summed E-state index contributed by atoms with van der Waals surface area (Å²) < 4.78 is 21.6. The topological polar surface area (TPSA) is 120 Å². The molecule has 0 aliphatic heterocycles. The molecule has 48 heavy (non-hydrogen) atoms. The average molecular weight is 683 g/mol. The van der Waals surface area contributed by atoms with Crippen LogP contribution in [0.15, 0.2) is 84.6 Å². The summed E-state index contributed by atoms with van der Waals surface area (Å²) in [5.74, 6) is -1.52. The number of benzene rings is 1. The Labute approximate surface area is 287 Å². The molecular weight excluding hydrogens is 628 g/mol. The van der Waals surface area contributed by atoms with Crippen molar-refractivity contribution < 1.29 is 38.1 Å². The molecule has 0 bridgehead atoms. The van der Waals surface area contributed by atoms with Crippen molar-refractivity contribution in [1.29, 1.82) is 0 Å². The maximum Gasteiger partial charge on any atom is 0.420 e. The van der Waals surface area contributed by atoms with Crippen LogP contribution >= 0.6 is 0 Å². The van der Waals surface area contributed by atoms with Crippen LogP contribution in [0.4, 0.5) is 4.79 Å². The molecule has 0 spiro atoms. The minimum Gasteiger partial charge on any atom is -0.468 e. The van der Waals surface area contributed by atoms with E-state index in [1.165, 1.54) is 37.6 Å². The summed E-state index contributed by atoms with van der Waals surface area (Å²) in [5.41, 5.74) is 1.71. The zero-order valence-corrected chi connectivity index (χ0v) is 30.9. The highest BCUT2D eigenvalue weighted by Crippen LogP contribution is 2.24. The van der Waals surface area contributed by atoms with Crippen LogP contribution in [0.5, 0.6) is 0 Å². The van der Waals surface area contributed by atoms with Crippen LogP contribution in [-0.2, 0) is 33.3 Å². The maximum atomic E-state index is 13.3. The fourth-order valence-electron chi connectivity index (χ4n) is 4.50. The number of esters is 1. The number of hydrogen-bond acceptors (Lipinski definition) is 8. The van der Waals surface area contributed by atoms with Crippen molar-refractivity contribution in [3.05, 3.63) is 90.2 Å². The van der Waals surface area contributed by atoms with Gasteiger partial charge in [-0.25, -0.2) is 9.69 Å². The van der Waals surface area contributed by atoms with Gasteiger partial charge >= 0.3 is 12.1 Å². The van der Waals surface area contributed by atoms with E-state index in [0.29, 0.717) is 5.57 Å². The minimum absolute atomic E-state index is 0.00649. The number of carbonyl (C=O) groups excluding carboxylic acids is 4. The lowest BCUT2D eigenvalue weighted by molar-refractivity contribution is -0.141. The summed E-state index contributed by atoms with van der Waals surface area (Å²) in [4.78, 5) is 50.1. The second-order valence-corrected chi connectivity index (χ2v) is 18.2. The van der Waals surface area contributed by atoms with Crippen LogP contribution in [0, 0.1) is 11.8 Å². The van der Waals surface area contributed by atoms with Crippen molar-refractivity contribution in [2.45, 2.75) is 65.1 Å². The number of nitrogens with one attached hydrogen (secondary N) is 1. The number of nitrogens with zero attached hydrogens (tertiary/aromatic N) is 1. The zero-order chi connectivity index (χ0) is 36.1. The normalized spacial score (nSPS) is 15.1. The fourth-order valence-corrected chi connectivity index (χ4v) is 5.22. The van der Waals surface area contributed by atoms with Crippen molar-refractivity contribution in [2.75, 3.05) is 34.5 Å². The molecule has 0 fully saturated rings. The Bertz CT molecular complexity index is 1310. The predicted octanol–water partition coefficient (Wildman–Crippen LogP) is 6.56. The average Bonchev–Trinajstić information content (AvgIpc) is 3.04. The Morgan fingerprint density at radius 2 is 1.65 bits per heavy atom. The number of hydrogen-bond donors (Lipinski definition) is 1. The van der Waals surface area contributed by atoms with Crippen molar-refractivity contribution >= 4 is 38.0 Å². The lowest BCUT2D eigenvalue weighted by atomic mass is 9.88. The Kier molecular flexibility index (Phi) is 19.7. The number of allylic oxidation sites excluding steroid dienone is 4. The smallest absolute Gasteiger partial charge is 0.420 e. The number of ether oxygens (including phenoxy) is 4. The predicted molar refractivity (Wildman–Crippen MR) is 193 cm³/mol. The van der Waals surface area contributed by atoms with Crippen molar-refractivity contribution in [3.63, 3.8) is 0 Å². The number of methoxy groups -OCH3 is 3. The molecule has 1 N–H and O–H groups in total. The molecule has 0 heterocycles. The molecule has 11 heteroatoms. The molecule has 3 amide bonds. The van der Waals surface area contributed by atoms with Crippen molar-refractivity contribution in [2.24, 2.45) is 11.8 Å². The van der Waals surface area contributed by atoms with E-state index in [-0.39, 0.29) is 49.5 Å². The van der Waals surface area contributed by atoms with Gasteiger partial charge in [-0.2, -0.15) is 0 Å². The SMILES string of the molecule is COC(=O)CNC(=O)C/C=C/C=C\N(C(=O)/C=C(C)/C=C/[C@H](C)[C@H](OC)[C@H](C)[C@H](/C=C/c1ccccc1)OC)C(=O)OCC[Si](C)(C)C. The number of carbonyl (C=O) groups is 4. The molecule has 1 rings (SSSR count). The van der Waals surface area contributed by atoms with Gasteiger partial charge in [0.1, 0.15) is 6.54 Å². The zero-order valence-electron chi connectivity index (χ0n) is 29.9. The van der Waals surface area contributed by atoms with Crippen LogP contribution in [0.3, 0.4) is 0 Å². The number of rotatable bonds is 19. The molecule has 0 unspecified atom stereocenters. The Balaban J connectivity index is 3.02. The molecule has 1 aromatic carbocycles. The second kappa shape index (κ2) is 22.5. The van der Waals surface area contributed by atoms with Gasteiger partial charge in [-0.05, 0) is 30.2 Å². The first-order valence-electron chi connectivity index (χ1n) is 16.0. The first-order valence-corrected chi connectivity index (χ1v) is 19.7. The van der Waals surface area contributed by atoms with E-state index >= 15 is 0 Å². The Morgan fingerprint density at radius 3 is 2.25 bits per heavy atom. The van der Waals surface area contributed by atoms with Crippen molar-refractivity contribution in [3.8, 4) is 0 Å². The molecule has 4 atom stereocenters. The summed E-state index contributed by atoms with van der Waals surface area (Å²) >= 11 is 0. The van der Waals surface area contributed by atoms with E-state index in [2.05, 4.69) is 36.6 Å². The Morgan fingerprint density at radius 1 is 0.958 bits per heavy atom. The molecule has 1 aromatic rings. The highest BCUT2D eigenvalue weighted by Gasteiger charge is 2.28. The summed E-state index contributed by atoms with van der Waals surface area (Å²) in [6.07, 6.45) is 13.9. The van der Waals surface area contributed by atoms with E-state index in [9.17, 15) is 19.2 Å². The molecular formula is C37H54N2O8Si. The van der Waals surface area contributed by atoms with Gasteiger partial charge in [0.05, 0.1) is 25.9 Å². The summed E-state index contributed by atoms with van der Waals surface area (Å²) in [7, 11) is 3.12. The first kappa shape index (κ1) is 42.0. The van der Waals surface area contributed by atoms with Crippen molar-refractivity contribution in [1.82, 2.24) is 10.2 Å². The van der Waals surface area contributed by atoms with Gasteiger partial charge in [0.15, 0.2) is 0 Å². The van der Waals surface area contributed by atoms with E-state index < -0.39 is 26.0 Å². The molecule has 264 valence electrons. The molecule has 0 aromatic heterocycles. The van der Waals surface area contributed by atoms with E-state index in [1.807, 2.05) is 61.6 Å². The highest BCUT2D eigenvalue weighted by molar-refractivity contribution is 6.76. The standard InChI is InChI=1S/C37H54N2O8Si/c1-28(19-20-29(2)36(46-6)30(3)32(44-4)22-21-31-16-12-10-13-17-31)26-34(41)39(37(43)47-24-25-48(7,8)9)23-15-11-14-18-33(40)38-27-35(42)45-5/h10-17,19-23,26,29-30,32,36H,18,24-25,27H2,1-9H3,(H,38,40)/b14-11+,20-19+,22-21+,23-15-,28-26+/t29-,30+,32-,36-/m0/s1. The number of imide groups is 1. The third-order valence-corrected chi connectivity index (χ3v) is 9.05. The van der Waals surface area contributed by atoms with Gasteiger partial charge in [0.2, 0.25) is 5.91 Å². The van der Waals surface area contributed by atoms with Gasteiger partial charge in [0.25, 0.3) is 5.91 Å². The molecule has 0 radical (unpaired) electrons. The molecule has 0 saturated carbocycles. The largest absolute Gasteiger partial charge is 0.468 e. The van der Waals surface area contributed by atoms with E-state index in [0.717, 1.165) is 16.5 Å². The van der Waals surface area contributed by atoms with Crippen LogP contribution < -0.4 is 5.32 Å². The lowest BCUT2D eigenvalue weighted by Crippen LogP contribution is -2.35. The third-order valence-electron chi connectivity index (χ3n) is 7.35. The van der Waals surface area contributed by atoms with Gasteiger partial charge in [-0.1, -0.05) is 100 Å². The monoisotopic (exact) mass is 682 g/mol. The van der Waals surface area contributed by atoms with E-state index in [4.69, 9.17) is 14.2 Å². The minimum atomic E-state index is -1.47. The van der Waals surface area contributed by atoms with Crippen LogP contribution in [0.1, 0.15) is 32.8 Å². The molecule has 0 saturated heterocycles. The molecule has 0 aliphatic carbocycles. The lowest BCUT2D eigenvalue weighted by Gasteiger charge is -2.30. The molecule has 0 aliphatic rings. The third kappa shape index (κ3) is 17.2. The quantitative estimate of drug-likeness (QED) is 0.0755. The van der Waals surface area contributed by atoms with Gasteiger partial charge in [-0.15, -0.1) is 0 Å². The summed E-state index contributed by atoms with van der Waals surface area (Å²) in [6, 6.07) is 10.8. The second-order valence-electron chi connectivity index (χ2n) is 12.6. The Hall–Kier alpha value is -4.06. The number of amides is 3. The van der Waals surface area contributed by atoms with Crippen LogP contribution in [0.2, 0.25) is 25.7 Å². The summed E-state index contributed by atoms with van der Waals surface area (Å²) in [5, 5.41) is 2.43. The fraction of sp³-hybridized carbons (Fsp3) is 0.459. The van der Waals surface area contributed by atoms with Crippen LogP contribution in [0.25, 0.3) is 6.08 Å². The van der Waals surface area contributed by atoms with Gasteiger partial charge < -0.3 is 24.3 Å². The van der Waals surface area contributed by atoms with Crippen LogP contribution in [-0.4, -0.2) is 83.5 Å². The van der Waals surface area contributed by atoms with Gasteiger partial charge in [0, 0.05) is 52.8 Å². The van der Waals surface area contributed by atoms with Gasteiger partial charge in [-0.3, -0.25) is 14.4 Å². The van der Waals surface area contributed by atoms with E-state index in [1.54, 1.807) is 21.1 Å².